The molecule has 0 fully saturated rings. The molecule has 1 aliphatic carbocycles. The van der Waals surface area contributed by atoms with Crippen LogP contribution in [-0.4, -0.2) is 11.5 Å². The van der Waals surface area contributed by atoms with Crippen LogP contribution in [0.1, 0.15) is 22.6 Å². The number of nitrogens with one attached hydrogen (secondary N) is 1. The topological polar surface area (TPSA) is 24.9 Å². The molecule has 1 unspecified atom stereocenters. The highest BCUT2D eigenvalue weighted by Crippen LogP contribution is 2.36. The predicted octanol–water partition coefficient (Wildman–Crippen LogP) is 5.01. The maximum absolute atomic E-state index is 12.8. The first-order chi connectivity index (χ1) is 11.5. The summed E-state index contributed by atoms with van der Waals surface area (Å²) < 4.78 is 38.5. The molecule has 4 rings (SSSR count). The summed E-state index contributed by atoms with van der Waals surface area (Å²) in [5.41, 5.74) is 2.06. The third-order valence-corrected chi connectivity index (χ3v) is 4.57. The summed E-state index contributed by atoms with van der Waals surface area (Å²) >= 11 is 0. The highest BCUT2D eigenvalue weighted by Gasteiger charge is 2.30. The monoisotopic (exact) mass is 328 g/mol. The summed E-state index contributed by atoms with van der Waals surface area (Å²) in [6, 6.07) is 13.7. The lowest BCUT2D eigenvalue weighted by atomic mass is 9.77. The van der Waals surface area contributed by atoms with Crippen molar-refractivity contribution in [2.24, 2.45) is 0 Å². The minimum atomic E-state index is -4.33. The fraction of sp³-hybridized carbons (Fsp3) is 0.211. The summed E-state index contributed by atoms with van der Waals surface area (Å²) in [6.45, 7) is 0.726. The molecule has 0 saturated carbocycles. The molecule has 0 saturated heterocycles. The highest BCUT2D eigenvalue weighted by molar-refractivity contribution is 5.92. The number of alkyl halides is 3. The molecule has 0 amide bonds. The SMILES string of the molecule is FC(F)(F)c1ccc2c(NCC3Cc4ccccc43)nccc2c1. The zero-order chi connectivity index (χ0) is 16.7. The van der Waals surface area contributed by atoms with E-state index >= 15 is 0 Å². The van der Waals surface area contributed by atoms with Gasteiger partial charge in [0.25, 0.3) is 0 Å². The number of hydrogen-bond acceptors (Lipinski definition) is 2. The van der Waals surface area contributed by atoms with Crippen LogP contribution in [0.25, 0.3) is 10.8 Å². The van der Waals surface area contributed by atoms with E-state index < -0.39 is 11.7 Å². The molecule has 5 heteroatoms. The van der Waals surface area contributed by atoms with Gasteiger partial charge in [0.2, 0.25) is 0 Å². The van der Waals surface area contributed by atoms with Crippen LogP contribution in [0.5, 0.6) is 0 Å². The van der Waals surface area contributed by atoms with E-state index in [0.29, 0.717) is 22.5 Å². The Kier molecular flexibility index (Phi) is 3.44. The Hall–Kier alpha value is -2.56. The Morgan fingerprint density at radius 2 is 1.92 bits per heavy atom. The number of aromatic nitrogens is 1. The Bertz CT molecular complexity index is 902. The van der Waals surface area contributed by atoms with Gasteiger partial charge in [-0.15, -0.1) is 0 Å². The van der Waals surface area contributed by atoms with Gasteiger partial charge in [0.1, 0.15) is 5.82 Å². The normalized spacial score (nSPS) is 16.5. The second kappa shape index (κ2) is 5.51. The molecular formula is C19H15F3N2. The second-order valence-electron chi connectivity index (χ2n) is 6.07. The van der Waals surface area contributed by atoms with Gasteiger partial charge in [0, 0.05) is 24.0 Å². The van der Waals surface area contributed by atoms with Gasteiger partial charge in [0.05, 0.1) is 5.56 Å². The van der Waals surface area contributed by atoms with Crippen LogP contribution >= 0.6 is 0 Å². The average molecular weight is 328 g/mol. The Labute approximate surface area is 137 Å². The third-order valence-electron chi connectivity index (χ3n) is 4.57. The largest absolute Gasteiger partial charge is 0.416 e. The van der Waals surface area contributed by atoms with E-state index in [0.717, 1.165) is 19.0 Å². The number of benzene rings is 2. The highest BCUT2D eigenvalue weighted by atomic mass is 19.4. The van der Waals surface area contributed by atoms with Gasteiger partial charge in [0.15, 0.2) is 0 Å². The van der Waals surface area contributed by atoms with E-state index in [2.05, 4.69) is 22.4 Å². The summed E-state index contributed by atoms with van der Waals surface area (Å²) in [7, 11) is 0. The molecule has 1 atom stereocenters. The number of halogens is 3. The molecule has 24 heavy (non-hydrogen) atoms. The summed E-state index contributed by atoms with van der Waals surface area (Å²) in [5.74, 6) is 1.05. The molecule has 1 aromatic heterocycles. The molecular weight excluding hydrogens is 313 g/mol. The molecule has 122 valence electrons. The number of pyridine rings is 1. The first-order valence-corrected chi connectivity index (χ1v) is 7.80. The van der Waals surface area contributed by atoms with Crippen molar-refractivity contribution in [1.29, 1.82) is 0 Å². The quantitative estimate of drug-likeness (QED) is 0.731. The van der Waals surface area contributed by atoms with Crippen LogP contribution in [0.15, 0.2) is 54.7 Å². The number of fused-ring (bicyclic) bond motifs is 2. The van der Waals surface area contributed by atoms with Gasteiger partial charge in [-0.2, -0.15) is 13.2 Å². The standard InChI is InChI=1S/C19H15F3N2/c20-19(21,22)15-5-6-17-13(10-15)7-8-23-18(17)24-11-14-9-12-3-1-2-4-16(12)14/h1-8,10,14H,9,11H2,(H,23,24). The first-order valence-electron chi connectivity index (χ1n) is 7.80. The molecule has 1 heterocycles. The van der Waals surface area contributed by atoms with Crippen LogP contribution in [0, 0.1) is 0 Å². The van der Waals surface area contributed by atoms with Crippen molar-refractivity contribution < 1.29 is 13.2 Å². The van der Waals surface area contributed by atoms with E-state index in [1.165, 1.54) is 23.3 Å². The van der Waals surface area contributed by atoms with Crippen molar-refractivity contribution in [3.05, 3.63) is 71.4 Å². The summed E-state index contributed by atoms with van der Waals surface area (Å²) in [6.07, 6.45) is -1.77. The van der Waals surface area contributed by atoms with E-state index in [-0.39, 0.29) is 0 Å². The average Bonchev–Trinajstić information content (AvgIpc) is 2.54. The van der Waals surface area contributed by atoms with Crippen molar-refractivity contribution in [1.82, 2.24) is 4.98 Å². The lowest BCUT2D eigenvalue weighted by Gasteiger charge is -2.30. The molecule has 0 bridgehead atoms. The molecule has 0 spiro atoms. The van der Waals surface area contributed by atoms with Gasteiger partial charge in [-0.3, -0.25) is 0 Å². The molecule has 0 radical (unpaired) electrons. The molecule has 1 aliphatic rings. The number of nitrogens with zero attached hydrogens (tertiary/aromatic N) is 1. The van der Waals surface area contributed by atoms with E-state index in [1.54, 1.807) is 12.3 Å². The van der Waals surface area contributed by atoms with Crippen LogP contribution in [0.4, 0.5) is 19.0 Å². The van der Waals surface area contributed by atoms with Crippen molar-refractivity contribution in [2.75, 3.05) is 11.9 Å². The van der Waals surface area contributed by atoms with E-state index in [4.69, 9.17) is 0 Å². The zero-order valence-corrected chi connectivity index (χ0v) is 12.8. The van der Waals surface area contributed by atoms with Crippen molar-refractivity contribution >= 4 is 16.6 Å². The Morgan fingerprint density at radius 1 is 1.08 bits per heavy atom. The third kappa shape index (κ3) is 2.60. The molecule has 3 aromatic rings. The van der Waals surface area contributed by atoms with Crippen molar-refractivity contribution in [2.45, 2.75) is 18.5 Å². The maximum Gasteiger partial charge on any atom is 0.416 e. The molecule has 1 N–H and O–H groups in total. The number of hydrogen-bond donors (Lipinski definition) is 1. The Balaban J connectivity index is 1.57. The predicted molar refractivity (Wildman–Crippen MR) is 88.1 cm³/mol. The number of anilines is 1. The summed E-state index contributed by atoms with van der Waals surface area (Å²) in [4.78, 5) is 4.29. The molecule has 2 nitrogen and oxygen atoms in total. The smallest absolute Gasteiger partial charge is 0.369 e. The lowest BCUT2D eigenvalue weighted by Crippen LogP contribution is -2.24. The fourth-order valence-electron chi connectivity index (χ4n) is 3.26. The van der Waals surface area contributed by atoms with Crippen molar-refractivity contribution in [3.8, 4) is 0 Å². The minimum Gasteiger partial charge on any atom is -0.369 e. The van der Waals surface area contributed by atoms with Crippen LogP contribution in [0.2, 0.25) is 0 Å². The molecule has 0 aliphatic heterocycles. The van der Waals surface area contributed by atoms with Crippen molar-refractivity contribution in [3.63, 3.8) is 0 Å². The van der Waals surface area contributed by atoms with Crippen LogP contribution in [0.3, 0.4) is 0 Å². The zero-order valence-electron chi connectivity index (χ0n) is 12.8. The maximum atomic E-state index is 12.8. The molecule has 2 aromatic carbocycles. The minimum absolute atomic E-state index is 0.424. The lowest BCUT2D eigenvalue weighted by molar-refractivity contribution is -0.137. The van der Waals surface area contributed by atoms with E-state index in [9.17, 15) is 13.2 Å². The Morgan fingerprint density at radius 3 is 2.71 bits per heavy atom. The van der Waals surface area contributed by atoms with Gasteiger partial charge in [-0.25, -0.2) is 4.98 Å². The van der Waals surface area contributed by atoms with Gasteiger partial charge in [-0.1, -0.05) is 30.3 Å². The first kappa shape index (κ1) is 15.0. The number of rotatable bonds is 3. The van der Waals surface area contributed by atoms with Crippen LogP contribution in [-0.2, 0) is 12.6 Å². The van der Waals surface area contributed by atoms with Gasteiger partial charge >= 0.3 is 6.18 Å². The van der Waals surface area contributed by atoms with Gasteiger partial charge < -0.3 is 5.32 Å². The second-order valence-corrected chi connectivity index (χ2v) is 6.07. The van der Waals surface area contributed by atoms with Crippen LogP contribution < -0.4 is 5.32 Å². The summed E-state index contributed by atoms with van der Waals surface area (Å²) in [5, 5.41) is 4.54. The fourth-order valence-corrected chi connectivity index (χ4v) is 3.26. The van der Waals surface area contributed by atoms with E-state index in [1.807, 2.05) is 12.1 Å². The van der Waals surface area contributed by atoms with Gasteiger partial charge in [-0.05, 0) is 41.1 Å².